The lowest BCUT2D eigenvalue weighted by molar-refractivity contribution is 0.0502. The monoisotopic (exact) mass is 400 g/mol. The molecule has 0 saturated carbocycles. The number of carbonyl (C=O) groups is 1. The quantitative estimate of drug-likeness (QED) is 0.509. The number of para-hydroxylation sites is 2. The molecule has 0 spiro atoms. The number of benzene rings is 3. The van der Waals surface area contributed by atoms with Crippen LogP contribution in [0.5, 0.6) is 5.75 Å². The van der Waals surface area contributed by atoms with Gasteiger partial charge in [0.05, 0.1) is 12.2 Å². The molecule has 4 rings (SSSR count). The third-order valence-electron chi connectivity index (χ3n) is 5.67. The van der Waals surface area contributed by atoms with Crippen LogP contribution in [-0.4, -0.2) is 17.4 Å². The molecule has 1 aliphatic heterocycles. The van der Waals surface area contributed by atoms with Gasteiger partial charge in [0.2, 0.25) is 0 Å². The number of nitrogens with one attached hydrogen (secondary N) is 1. The molecule has 4 nitrogen and oxygen atoms in total. The second kappa shape index (κ2) is 8.62. The minimum atomic E-state index is -0.746. The highest BCUT2D eigenvalue weighted by molar-refractivity contribution is 6.02. The van der Waals surface area contributed by atoms with Crippen LogP contribution in [0.4, 0.5) is 5.69 Å². The van der Waals surface area contributed by atoms with Crippen molar-refractivity contribution in [2.75, 3.05) is 11.9 Å². The first kappa shape index (κ1) is 20.0. The van der Waals surface area contributed by atoms with Crippen LogP contribution in [-0.2, 0) is 12.2 Å². The van der Waals surface area contributed by atoms with Crippen molar-refractivity contribution in [3.05, 3.63) is 95.6 Å². The molecule has 30 heavy (non-hydrogen) atoms. The van der Waals surface area contributed by atoms with Crippen LogP contribution < -0.4 is 10.1 Å². The summed E-state index contributed by atoms with van der Waals surface area (Å²) in [6.07, 6.45) is 2.07. The molecule has 1 heterocycles. The molecule has 1 atom stereocenters. The molecule has 1 aliphatic rings. The Morgan fingerprint density at radius 2 is 1.63 bits per heavy atom. The van der Waals surface area contributed by atoms with E-state index in [2.05, 4.69) is 31.3 Å². The van der Waals surface area contributed by atoms with Crippen LogP contribution in [0.3, 0.4) is 0 Å². The van der Waals surface area contributed by atoms with Crippen LogP contribution in [0, 0.1) is 0 Å². The van der Waals surface area contributed by atoms with Gasteiger partial charge in [0.15, 0.2) is 0 Å². The van der Waals surface area contributed by atoms with E-state index in [0.717, 1.165) is 35.4 Å². The van der Waals surface area contributed by atoms with Gasteiger partial charge in [0.1, 0.15) is 11.4 Å². The molecule has 1 unspecified atom stereocenters. The molecule has 0 aliphatic carbocycles. The summed E-state index contributed by atoms with van der Waals surface area (Å²) in [5.74, 6) is 0.824. The lowest BCUT2D eigenvalue weighted by atomic mass is 9.92. The van der Waals surface area contributed by atoms with Gasteiger partial charge in [-0.05, 0) is 37.1 Å². The van der Waals surface area contributed by atoms with Gasteiger partial charge in [-0.3, -0.25) is 4.79 Å². The number of anilines is 1. The largest absolute Gasteiger partial charge is 0.493 e. The molecule has 0 radical (unpaired) electrons. The van der Waals surface area contributed by atoms with Crippen LogP contribution >= 0.6 is 0 Å². The first-order valence-corrected chi connectivity index (χ1v) is 10.6. The van der Waals surface area contributed by atoms with Gasteiger partial charge in [0.25, 0.3) is 5.91 Å². The minimum absolute atomic E-state index is 0.0130. The summed E-state index contributed by atoms with van der Waals surface area (Å²) in [4.78, 5) is 15.5. The molecule has 3 aromatic carbocycles. The van der Waals surface area contributed by atoms with Crippen LogP contribution in [0.25, 0.3) is 0 Å². The summed E-state index contributed by atoms with van der Waals surface area (Å²) >= 11 is 0. The molecular weight excluding hydrogens is 372 g/mol. The van der Waals surface area contributed by atoms with Gasteiger partial charge in [-0.1, -0.05) is 74.0 Å². The van der Waals surface area contributed by atoms with E-state index in [9.17, 15) is 4.79 Å². The zero-order valence-electron chi connectivity index (χ0n) is 17.6. The van der Waals surface area contributed by atoms with Crippen LogP contribution in [0.15, 0.2) is 78.9 Å². The molecule has 1 amide bonds. The normalized spacial score (nSPS) is 17.9. The number of fused-ring (bicyclic) bond motifs is 1. The van der Waals surface area contributed by atoms with Gasteiger partial charge in [-0.25, -0.2) is 0 Å². The van der Waals surface area contributed by atoms with Crippen molar-refractivity contribution >= 4 is 11.6 Å². The average molecular weight is 401 g/mol. The van der Waals surface area contributed by atoms with E-state index in [4.69, 9.17) is 4.74 Å². The van der Waals surface area contributed by atoms with Crippen molar-refractivity contribution in [3.63, 3.8) is 0 Å². The molecule has 4 heteroatoms. The molecule has 0 fully saturated rings. The smallest absolute Gasteiger partial charge is 0.258 e. The highest BCUT2D eigenvalue weighted by atomic mass is 16.5. The van der Waals surface area contributed by atoms with E-state index < -0.39 is 5.66 Å². The lowest BCUT2D eigenvalue weighted by Crippen LogP contribution is -2.55. The zero-order valence-corrected chi connectivity index (χ0v) is 17.6. The summed E-state index contributed by atoms with van der Waals surface area (Å²) in [5, 5.41) is 3.65. The Morgan fingerprint density at radius 3 is 2.43 bits per heavy atom. The predicted octanol–water partition coefficient (Wildman–Crippen LogP) is 5.81. The first-order chi connectivity index (χ1) is 14.6. The molecule has 154 valence electrons. The van der Waals surface area contributed by atoms with Crippen LogP contribution in [0.1, 0.15) is 48.2 Å². The molecule has 0 aromatic heterocycles. The van der Waals surface area contributed by atoms with Gasteiger partial charge < -0.3 is 15.0 Å². The minimum Gasteiger partial charge on any atom is -0.493 e. The van der Waals surface area contributed by atoms with E-state index in [-0.39, 0.29) is 5.91 Å². The lowest BCUT2D eigenvalue weighted by Gasteiger charge is -2.47. The van der Waals surface area contributed by atoms with Crippen molar-refractivity contribution < 1.29 is 9.53 Å². The van der Waals surface area contributed by atoms with Crippen molar-refractivity contribution in [2.45, 2.75) is 38.9 Å². The van der Waals surface area contributed by atoms with Crippen molar-refractivity contribution in [1.29, 1.82) is 0 Å². The topological polar surface area (TPSA) is 41.6 Å². The number of rotatable bonds is 7. The second-order valence-electron chi connectivity index (χ2n) is 7.82. The van der Waals surface area contributed by atoms with Gasteiger partial charge in [-0.2, -0.15) is 0 Å². The highest BCUT2D eigenvalue weighted by Gasteiger charge is 2.43. The molecular formula is C26H28N2O2. The number of ether oxygens (including phenoxy) is 1. The summed E-state index contributed by atoms with van der Waals surface area (Å²) in [6.45, 7) is 5.37. The third-order valence-corrected chi connectivity index (χ3v) is 5.67. The molecule has 0 bridgehead atoms. The first-order valence-electron chi connectivity index (χ1n) is 10.6. The highest BCUT2D eigenvalue weighted by Crippen LogP contribution is 2.42. The van der Waals surface area contributed by atoms with Gasteiger partial charge in [0, 0.05) is 17.8 Å². The third kappa shape index (κ3) is 3.78. The number of hydrogen-bond donors (Lipinski definition) is 1. The summed E-state index contributed by atoms with van der Waals surface area (Å²) in [5.41, 5.74) is 2.83. The van der Waals surface area contributed by atoms with Crippen molar-refractivity contribution in [1.82, 2.24) is 4.90 Å². The SMILES string of the molecule is CCCCOc1ccccc1C1(C)Nc2ccccc2C(=O)N1Cc1ccccc1. The number of amides is 1. The summed E-state index contributed by atoms with van der Waals surface area (Å²) < 4.78 is 6.14. The van der Waals surface area contributed by atoms with Crippen molar-refractivity contribution in [2.24, 2.45) is 0 Å². The second-order valence-corrected chi connectivity index (χ2v) is 7.82. The fraction of sp³-hybridized carbons (Fsp3) is 0.269. The van der Waals surface area contributed by atoms with Crippen LogP contribution in [0.2, 0.25) is 0 Å². The number of nitrogens with zero attached hydrogens (tertiary/aromatic N) is 1. The van der Waals surface area contributed by atoms with Crippen molar-refractivity contribution in [3.8, 4) is 5.75 Å². The van der Waals surface area contributed by atoms with E-state index >= 15 is 0 Å². The Balaban J connectivity index is 1.79. The van der Waals surface area contributed by atoms with E-state index in [1.165, 1.54) is 0 Å². The Labute approximate surface area is 178 Å². The summed E-state index contributed by atoms with van der Waals surface area (Å²) in [7, 11) is 0. The average Bonchev–Trinajstić information content (AvgIpc) is 2.78. The van der Waals surface area contributed by atoms with Gasteiger partial charge >= 0.3 is 0 Å². The molecule has 1 N–H and O–H groups in total. The number of unbranched alkanes of at least 4 members (excludes halogenated alkanes) is 1. The Morgan fingerprint density at radius 1 is 0.933 bits per heavy atom. The van der Waals surface area contributed by atoms with E-state index in [0.29, 0.717) is 18.7 Å². The molecule has 0 saturated heterocycles. The fourth-order valence-corrected chi connectivity index (χ4v) is 3.99. The number of hydrogen-bond acceptors (Lipinski definition) is 3. The Bertz CT molecular complexity index is 1020. The standard InChI is InChI=1S/C26H28N2O2/c1-3-4-18-30-24-17-11-9-15-22(24)26(2)27-23-16-10-8-14-21(23)25(29)28(26)19-20-12-6-5-7-13-20/h5-17,27H,3-4,18-19H2,1-2H3. The van der Waals surface area contributed by atoms with E-state index in [1.54, 1.807) is 0 Å². The van der Waals surface area contributed by atoms with Gasteiger partial charge in [-0.15, -0.1) is 0 Å². The molecule has 3 aromatic rings. The fourth-order valence-electron chi connectivity index (χ4n) is 3.99. The predicted molar refractivity (Wildman–Crippen MR) is 121 cm³/mol. The van der Waals surface area contributed by atoms with E-state index in [1.807, 2.05) is 71.6 Å². The maximum Gasteiger partial charge on any atom is 0.258 e. The number of carbonyl (C=O) groups excluding carboxylic acids is 1. The Hall–Kier alpha value is -3.27. The maximum atomic E-state index is 13.6. The Kier molecular flexibility index (Phi) is 5.75. The zero-order chi connectivity index (χ0) is 21.0. The summed E-state index contributed by atoms with van der Waals surface area (Å²) in [6, 6.07) is 25.8. The maximum absolute atomic E-state index is 13.6.